The van der Waals surface area contributed by atoms with E-state index in [-0.39, 0.29) is 12.4 Å². The smallest absolute Gasteiger partial charge is 0.374 e. The zero-order chi connectivity index (χ0) is 15.4. The van der Waals surface area contributed by atoms with E-state index in [1.807, 2.05) is 18.2 Å². The molecule has 2 aromatic heterocycles. The molecule has 1 N–H and O–H groups in total. The lowest BCUT2D eigenvalue weighted by atomic mass is 10.2. The molecule has 0 aliphatic rings. The zero-order valence-electron chi connectivity index (χ0n) is 11.6. The number of halogens is 1. The number of aromatic nitrogens is 2. The van der Waals surface area contributed by atoms with Gasteiger partial charge in [0.2, 0.25) is 5.76 Å². The number of furan rings is 1. The maximum atomic E-state index is 11.9. The van der Waals surface area contributed by atoms with Crippen LogP contribution in [-0.2, 0) is 11.2 Å². The van der Waals surface area contributed by atoms with Crippen molar-refractivity contribution < 1.29 is 13.9 Å². The molecule has 0 saturated carbocycles. The average molecular weight is 317 g/mol. The summed E-state index contributed by atoms with van der Waals surface area (Å²) in [7, 11) is 0. The first-order chi connectivity index (χ1) is 10.7. The number of H-pyrrole nitrogens is 1. The quantitative estimate of drug-likeness (QED) is 0.728. The Morgan fingerprint density at radius 3 is 2.91 bits per heavy atom. The van der Waals surface area contributed by atoms with E-state index >= 15 is 0 Å². The van der Waals surface area contributed by atoms with E-state index in [0.29, 0.717) is 17.2 Å². The number of carbonyl (C=O) groups excluding carboxylic acids is 1. The predicted molar refractivity (Wildman–Crippen MR) is 81.7 cm³/mol. The maximum Gasteiger partial charge on any atom is 0.374 e. The van der Waals surface area contributed by atoms with Gasteiger partial charge in [-0.15, -0.1) is 0 Å². The summed E-state index contributed by atoms with van der Waals surface area (Å²) in [5, 5.41) is 7.10. The fraction of sp³-hybridized carbons (Fsp3) is 0.125. The Labute approximate surface area is 131 Å². The number of carbonyl (C=O) groups is 1. The van der Waals surface area contributed by atoms with Gasteiger partial charge in [0.15, 0.2) is 0 Å². The number of hydrogen-bond acceptors (Lipinski definition) is 4. The second-order valence-electron chi connectivity index (χ2n) is 4.64. The molecule has 2 heterocycles. The number of hydrogen-bond donors (Lipinski definition) is 1. The molecule has 0 spiro atoms. The third-order valence-electron chi connectivity index (χ3n) is 3.13. The SMILES string of the molecule is O=C(OCCc1cn[nH]c1)c1ccc(-c2ccccc2Cl)o1. The van der Waals surface area contributed by atoms with E-state index < -0.39 is 5.97 Å². The van der Waals surface area contributed by atoms with Gasteiger partial charge in [-0.2, -0.15) is 5.10 Å². The Bertz CT molecular complexity index is 765. The van der Waals surface area contributed by atoms with Crippen molar-refractivity contribution in [3.05, 3.63) is 65.1 Å². The van der Waals surface area contributed by atoms with Crippen LogP contribution < -0.4 is 0 Å². The Kier molecular flexibility index (Phi) is 4.25. The van der Waals surface area contributed by atoms with Gasteiger partial charge in [-0.25, -0.2) is 4.79 Å². The van der Waals surface area contributed by atoms with E-state index in [1.165, 1.54) is 0 Å². The van der Waals surface area contributed by atoms with Crippen molar-refractivity contribution in [3.63, 3.8) is 0 Å². The van der Waals surface area contributed by atoms with Crippen LogP contribution in [0.4, 0.5) is 0 Å². The van der Waals surface area contributed by atoms with Crippen LogP contribution >= 0.6 is 11.6 Å². The molecule has 6 heteroatoms. The second-order valence-corrected chi connectivity index (χ2v) is 5.04. The molecule has 0 radical (unpaired) electrons. The lowest BCUT2D eigenvalue weighted by molar-refractivity contribution is 0.0474. The number of ether oxygens (including phenoxy) is 1. The molecule has 3 aromatic rings. The van der Waals surface area contributed by atoms with Crippen LogP contribution in [0.5, 0.6) is 0 Å². The Morgan fingerprint density at radius 1 is 1.27 bits per heavy atom. The lowest BCUT2D eigenvalue weighted by Crippen LogP contribution is -2.06. The average Bonchev–Trinajstić information content (AvgIpc) is 3.19. The largest absolute Gasteiger partial charge is 0.459 e. The van der Waals surface area contributed by atoms with Crippen LogP contribution in [-0.4, -0.2) is 22.8 Å². The van der Waals surface area contributed by atoms with E-state index in [9.17, 15) is 4.79 Å². The van der Waals surface area contributed by atoms with Crippen LogP contribution in [0.3, 0.4) is 0 Å². The molecule has 0 bridgehead atoms. The summed E-state index contributed by atoms with van der Waals surface area (Å²) in [6.07, 6.45) is 4.05. The highest BCUT2D eigenvalue weighted by molar-refractivity contribution is 6.33. The first-order valence-corrected chi connectivity index (χ1v) is 7.11. The van der Waals surface area contributed by atoms with Crippen LogP contribution in [0.25, 0.3) is 11.3 Å². The van der Waals surface area contributed by atoms with Gasteiger partial charge >= 0.3 is 5.97 Å². The van der Waals surface area contributed by atoms with Crippen LogP contribution in [0.2, 0.25) is 5.02 Å². The summed E-state index contributed by atoms with van der Waals surface area (Å²) in [6.45, 7) is 0.264. The van der Waals surface area contributed by atoms with Gasteiger partial charge in [0, 0.05) is 18.2 Å². The summed E-state index contributed by atoms with van der Waals surface area (Å²) < 4.78 is 10.7. The van der Waals surface area contributed by atoms with Crippen molar-refractivity contribution in [2.75, 3.05) is 6.61 Å². The molecule has 5 nitrogen and oxygen atoms in total. The van der Waals surface area contributed by atoms with Crippen LogP contribution in [0.15, 0.2) is 53.2 Å². The monoisotopic (exact) mass is 316 g/mol. The van der Waals surface area contributed by atoms with E-state index in [0.717, 1.165) is 11.1 Å². The van der Waals surface area contributed by atoms with Crippen molar-refractivity contribution in [2.24, 2.45) is 0 Å². The lowest BCUT2D eigenvalue weighted by Gasteiger charge is -2.02. The van der Waals surface area contributed by atoms with Crippen molar-refractivity contribution in [1.82, 2.24) is 10.2 Å². The van der Waals surface area contributed by atoms with Crippen molar-refractivity contribution in [2.45, 2.75) is 6.42 Å². The number of rotatable bonds is 5. The Morgan fingerprint density at radius 2 is 2.14 bits per heavy atom. The number of benzene rings is 1. The standard InChI is InChI=1S/C16H13ClN2O3/c17-13-4-2-1-3-12(13)14-5-6-15(22-14)16(20)21-8-7-11-9-18-19-10-11/h1-6,9-10H,7-8H2,(H,18,19). The van der Waals surface area contributed by atoms with Crippen LogP contribution in [0, 0.1) is 0 Å². The van der Waals surface area contributed by atoms with Gasteiger partial charge in [-0.3, -0.25) is 5.10 Å². The topological polar surface area (TPSA) is 68.1 Å². The molecular formula is C16H13ClN2O3. The molecule has 0 fully saturated rings. The molecule has 22 heavy (non-hydrogen) atoms. The molecule has 0 aliphatic carbocycles. The van der Waals surface area contributed by atoms with E-state index in [4.69, 9.17) is 20.8 Å². The molecule has 1 aromatic carbocycles. The normalized spacial score (nSPS) is 10.6. The van der Waals surface area contributed by atoms with Gasteiger partial charge in [-0.1, -0.05) is 23.7 Å². The summed E-state index contributed by atoms with van der Waals surface area (Å²) >= 11 is 6.10. The van der Waals surface area contributed by atoms with Gasteiger partial charge in [0.25, 0.3) is 0 Å². The Balaban J connectivity index is 1.63. The number of esters is 1. The van der Waals surface area contributed by atoms with Gasteiger partial charge in [0.1, 0.15) is 5.76 Å². The van der Waals surface area contributed by atoms with Crippen LogP contribution in [0.1, 0.15) is 16.1 Å². The molecule has 112 valence electrons. The summed E-state index contributed by atoms with van der Waals surface area (Å²) in [5.74, 6) is 0.191. The first kappa shape index (κ1) is 14.4. The second kappa shape index (κ2) is 6.49. The highest BCUT2D eigenvalue weighted by atomic mass is 35.5. The van der Waals surface area contributed by atoms with Gasteiger partial charge in [-0.05, 0) is 29.8 Å². The molecule has 0 aliphatic heterocycles. The highest BCUT2D eigenvalue weighted by Crippen LogP contribution is 2.29. The van der Waals surface area contributed by atoms with Crippen molar-refractivity contribution in [1.29, 1.82) is 0 Å². The third kappa shape index (κ3) is 3.20. The molecular weight excluding hydrogens is 304 g/mol. The minimum atomic E-state index is -0.498. The van der Waals surface area contributed by atoms with Crippen molar-refractivity contribution in [3.8, 4) is 11.3 Å². The minimum absolute atomic E-state index is 0.155. The maximum absolute atomic E-state index is 11.9. The molecule has 0 amide bonds. The highest BCUT2D eigenvalue weighted by Gasteiger charge is 2.15. The van der Waals surface area contributed by atoms with E-state index in [2.05, 4.69) is 10.2 Å². The van der Waals surface area contributed by atoms with E-state index in [1.54, 1.807) is 30.6 Å². The third-order valence-corrected chi connectivity index (χ3v) is 3.45. The first-order valence-electron chi connectivity index (χ1n) is 6.73. The fourth-order valence-electron chi connectivity index (χ4n) is 2.00. The summed E-state index contributed by atoms with van der Waals surface area (Å²) in [6, 6.07) is 10.6. The van der Waals surface area contributed by atoms with Gasteiger partial charge < -0.3 is 9.15 Å². The van der Waals surface area contributed by atoms with Gasteiger partial charge in [0.05, 0.1) is 17.8 Å². The fourth-order valence-corrected chi connectivity index (χ4v) is 2.23. The number of nitrogens with one attached hydrogen (secondary N) is 1. The molecule has 0 atom stereocenters. The predicted octanol–water partition coefficient (Wildman–Crippen LogP) is 3.72. The zero-order valence-corrected chi connectivity index (χ0v) is 12.3. The number of aromatic amines is 1. The molecule has 3 rings (SSSR count). The van der Waals surface area contributed by atoms with Crippen molar-refractivity contribution >= 4 is 17.6 Å². The Hall–Kier alpha value is -2.53. The molecule has 0 unspecified atom stereocenters. The summed E-state index contributed by atoms with van der Waals surface area (Å²) in [5.41, 5.74) is 1.71. The number of nitrogens with zero attached hydrogens (tertiary/aromatic N) is 1. The molecule has 0 saturated heterocycles. The minimum Gasteiger partial charge on any atom is -0.459 e. The summed E-state index contributed by atoms with van der Waals surface area (Å²) in [4.78, 5) is 11.9.